The number of nitrogens with one attached hydrogen (secondary N) is 1. The number of rotatable bonds is 6. The van der Waals surface area contributed by atoms with Crippen molar-refractivity contribution >= 4 is 5.97 Å². The lowest BCUT2D eigenvalue weighted by atomic mass is 10.1. The van der Waals surface area contributed by atoms with Gasteiger partial charge in [0.25, 0.3) is 0 Å². The zero-order valence-electron chi connectivity index (χ0n) is 14.7. The predicted octanol–water partition coefficient (Wildman–Crippen LogP) is 3.81. The Kier molecular flexibility index (Phi) is 4.79. The highest BCUT2D eigenvalue weighted by atomic mass is 16.5. The van der Waals surface area contributed by atoms with Crippen molar-refractivity contribution in [1.82, 2.24) is 20.2 Å². The van der Waals surface area contributed by atoms with Gasteiger partial charge in [0, 0.05) is 18.0 Å². The number of aromatic carboxylic acids is 1. The lowest BCUT2D eigenvalue weighted by Crippen LogP contribution is -1.98. The molecule has 0 fully saturated rings. The van der Waals surface area contributed by atoms with Gasteiger partial charge >= 0.3 is 5.97 Å². The normalized spacial score (nSPS) is 10.6. The van der Waals surface area contributed by atoms with Gasteiger partial charge < -0.3 is 9.84 Å². The minimum Gasteiger partial charge on any atom is -0.487 e. The third-order valence-electron chi connectivity index (χ3n) is 4.15. The summed E-state index contributed by atoms with van der Waals surface area (Å²) in [5, 5.41) is 15.9. The van der Waals surface area contributed by atoms with Crippen molar-refractivity contribution in [3.8, 4) is 28.4 Å². The number of aromatic amines is 1. The van der Waals surface area contributed by atoms with E-state index >= 15 is 0 Å². The van der Waals surface area contributed by atoms with Gasteiger partial charge in [0.1, 0.15) is 12.4 Å². The van der Waals surface area contributed by atoms with E-state index in [1.807, 2.05) is 42.5 Å². The van der Waals surface area contributed by atoms with Crippen molar-refractivity contribution in [2.45, 2.75) is 6.61 Å². The van der Waals surface area contributed by atoms with Gasteiger partial charge in [0.05, 0.1) is 28.8 Å². The molecule has 0 saturated heterocycles. The molecule has 0 unspecified atom stereocenters. The second kappa shape index (κ2) is 7.71. The molecule has 0 radical (unpaired) electrons. The lowest BCUT2D eigenvalue weighted by molar-refractivity contribution is 0.0697. The molecule has 4 rings (SSSR count). The number of aromatic nitrogens is 4. The van der Waals surface area contributed by atoms with Crippen LogP contribution in [0.1, 0.15) is 15.9 Å². The van der Waals surface area contributed by atoms with Gasteiger partial charge in [0.15, 0.2) is 0 Å². The predicted molar refractivity (Wildman–Crippen MR) is 103 cm³/mol. The molecule has 4 aromatic rings. The molecule has 0 amide bonds. The summed E-state index contributed by atoms with van der Waals surface area (Å²) in [5.41, 5.74) is 4.21. The number of pyridine rings is 2. The quantitative estimate of drug-likeness (QED) is 0.534. The molecule has 3 heterocycles. The minimum absolute atomic E-state index is 0.204. The highest BCUT2D eigenvalue weighted by Gasteiger charge is 2.07. The third-order valence-corrected chi connectivity index (χ3v) is 4.15. The van der Waals surface area contributed by atoms with Gasteiger partial charge in [-0.25, -0.2) is 4.79 Å². The summed E-state index contributed by atoms with van der Waals surface area (Å²) < 4.78 is 5.81. The van der Waals surface area contributed by atoms with Crippen LogP contribution in [0.15, 0.2) is 73.2 Å². The first-order chi connectivity index (χ1) is 13.7. The molecule has 2 N–H and O–H groups in total. The standard InChI is InChI=1S/C21H16N4O3/c26-21(27)16-6-8-22-20(11-16)15-3-1-2-14(10-15)13-28-17-4-5-18(23-12-17)19-7-9-24-25-19/h1-12H,13H2,(H,24,25)(H,26,27). The SMILES string of the molecule is O=C(O)c1ccnc(-c2cccc(COc3ccc(-c4ccn[nH]4)nc3)c2)c1. The maximum atomic E-state index is 11.2. The average molecular weight is 372 g/mol. The van der Waals surface area contributed by atoms with Crippen LogP contribution >= 0.6 is 0 Å². The molecule has 0 aliphatic heterocycles. The first kappa shape index (κ1) is 17.4. The van der Waals surface area contributed by atoms with Gasteiger partial charge in [-0.05, 0) is 42.0 Å². The molecule has 1 aromatic carbocycles. The topological polar surface area (TPSA) is 101 Å². The molecule has 3 aromatic heterocycles. The second-order valence-corrected chi connectivity index (χ2v) is 6.07. The summed E-state index contributed by atoms with van der Waals surface area (Å²) in [6.07, 6.45) is 4.84. The van der Waals surface area contributed by atoms with E-state index in [4.69, 9.17) is 9.84 Å². The smallest absolute Gasteiger partial charge is 0.335 e. The molecular formula is C21H16N4O3. The number of hydrogen-bond donors (Lipinski definition) is 2. The lowest BCUT2D eigenvalue weighted by Gasteiger charge is -2.08. The van der Waals surface area contributed by atoms with Crippen LogP contribution in [0.25, 0.3) is 22.6 Å². The number of H-pyrrole nitrogens is 1. The molecule has 0 atom stereocenters. The molecule has 28 heavy (non-hydrogen) atoms. The highest BCUT2D eigenvalue weighted by molar-refractivity contribution is 5.88. The van der Waals surface area contributed by atoms with Gasteiger partial charge in [-0.2, -0.15) is 5.10 Å². The molecule has 0 spiro atoms. The minimum atomic E-state index is -0.978. The van der Waals surface area contributed by atoms with Crippen LogP contribution in [0.2, 0.25) is 0 Å². The summed E-state index contributed by atoms with van der Waals surface area (Å²) in [6, 6.07) is 16.2. The van der Waals surface area contributed by atoms with Gasteiger partial charge in [-0.1, -0.05) is 18.2 Å². The van der Waals surface area contributed by atoms with E-state index in [1.165, 1.54) is 12.3 Å². The van der Waals surface area contributed by atoms with E-state index in [1.54, 1.807) is 18.5 Å². The third kappa shape index (κ3) is 3.88. The van der Waals surface area contributed by atoms with Crippen molar-refractivity contribution < 1.29 is 14.6 Å². The number of carboxylic acids is 1. The summed E-state index contributed by atoms with van der Waals surface area (Å²) in [4.78, 5) is 19.8. The summed E-state index contributed by atoms with van der Waals surface area (Å²) in [5.74, 6) is -0.325. The number of carboxylic acid groups (broad SMARTS) is 1. The zero-order valence-corrected chi connectivity index (χ0v) is 14.7. The van der Waals surface area contributed by atoms with E-state index in [9.17, 15) is 4.79 Å². The molecular weight excluding hydrogens is 356 g/mol. The van der Waals surface area contributed by atoms with Crippen LogP contribution < -0.4 is 4.74 Å². The monoisotopic (exact) mass is 372 g/mol. The zero-order chi connectivity index (χ0) is 19.3. The van der Waals surface area contributed by atoms with Crippen LogP contribution in [0.3, 0.4) is 0 Å². The number of carbonyl (C=O) groups is 1. The average Bonchev–Trinajstić information content (AvgIpc) is 3.28. The molecule has 0 aliphatic carbocycles. The van der Waals surface area contributed by atoms with E-state index in [2.05, 4.69) is 20.2 Å². The van der Waals surface area contributed by atoms with Crippen LogP contribution in [0.5, 0.6) is 5.75 Å². The molecule has 138 valence electrons. The Morgan fingerprint density at radius 1 is 1.00 bits per heavy atom. The van der Waals surface area contributed by atoms with Gasteiger partial charge in [0.2, 0.25) is 0 Å². The fraction of sp³-hybridized carbons (Fsp3) is 0.0476. The maximum absolute atomic E-state index is 11.2. The second-order valence-electron chi connectivity index (χ2n) is 6.07. The van der Waals surface area contributed by atoms with E-state index in [0.29, 0.717) is 18.1 Å². The van der Waals surface area contributed by atoms with Crippen LogP contribution in [-0.4, -0.2) is 31.2 Å². The van der Waals surface area contributed by atoms with Crippen molar-refractivity contribution in [2.24, 2.45) is 0 Å². The summed E-state index contributed by atoms with van der Waals surface area (Å²) in [7, 11) is 0. The number of ether oxygens (including phenoxy) is 1. The van der Waals surface area contributed by atoms with Crippen LogP contribution in [-0.2, 0) is 6.61 Å². The van der Waals surface area contributed by atoms with E-state index in [-0.39, 0.29) is 5.56 Å². The molecule has 0 saturated carbocycles. The maximum Gasteiger partial charge on any atom is 0.335 e. The molecule has 7 heteroatoms. The molecule has 0 aliphatic rings. The van der Waals surface area contributed by atoms with Gasteiger partial charge in [-0.3, -0.25) is 15.1 Å². The van der Waals surface area contributed by atoms with E-state index < -0.39 is 5.97 Å². The van der Waals surface area contributed by atoms with Crippen LogP contribution in [0.4, 0.5) is 0 Å². The number of nitrogens with zero attached hydrogens (tertiary/aromatic N) is 3. The van der Waals surface area contributed by atoms with Crippen molar-refractivity contribution in [2.75, 3.05) is 0 Å². The number of benzene rings is 1. The fourth-order valence-corrected chi connectivity index (χ4v) is 2.73. The van der Waals surface area contributed by atoms with Gasteiger partial charge in [-0.15, -0.1) is 0 Å². The van der Waals surface area contributed by atoms with Crippen molar-refractivity contribution in [3.63, 3.8) is 0 Å². The number of hydrogen-bond acceptors (Lipinski definition) is 5. The molecule has 0 bridgehead atoms. The Bertz CT molecular complexity index is 1090. The van der Waals surface area contributed by atoms with Crippen molar-refractivity contribution in [1.29, 1.82) is 0 Å². The molecule has 7 nitrogen and oxygen atoms in total. The van der Waals surface area contributed by atoms with E-state index in [0.717, 1.165) is 22.5 Å². The van der Waals surface area contributed by atoms with Crippen molar-refractivity contribution in [3.05, 3.63) is 84.3 Å². The van der Waals surface area contributed by atoms with Crippen LogP contribution in [0, 0.1) is 0 Å². The fourth-order valence-electron chi connectivity index (χ4n) is 2.73. The Morgan fingerprint density at radius 3 is 2.68 bits per heavy atom. The Labute approximate surface area is 160 Å². The first-order valence-corrected chi connectivity index (χ1v) is 8.56. The highest BCUT2D eigenvalue weighted by Crippen LogP contribution is 2.21. The Morgan fingerprint density at radius 2 is 1.93 bits per heavy atom. The first-order valence-electron chi connectivity index (χ1n) is 8.56. The largest absolute Gasteiger partial charge is 0.487 e. The summed E-state index contributed by atoms with van der Waals surface area (Å²) >= 11 is 0. The Hall–Kier alpha value is -4.00. The Balaban J connectivity index is 1.47. The summed E-state index contributed by atoms with van der Waals surface area (Å²) in [6.45, 7) is 0.359.